The Labute approximate surface area is 107 Å². The standard InChI is InChI=1S/C13H12F4O2/c1-2-3-10(12(19)13(15,16)17)11(18)8-4-6-9(14)7-5-8/h4-7,18H,2-3H2,1H3/b11-10-. The molecule has 0 aromatic heterocycles. The Morgan fingerprint density at radius 3 is 2.16 bits per heavy atom. The highest BCUT2D eigenvalue weighted by Gasteiger charge is 2.41. The molecule has 1 N–H and O–H groups in total. The first-order chi connectivity index (χ1) is 8.77. The Morgan fingerprint density at radius 2 is 1.74 bits per heavy atom. The fourth-order valence-corrected chi connectivity index (χ4v) is 1.54. The van der Waals surface area contributed by atoms with Crippen molar-refractivity contribution in [1.29, 1.82) is 0 Å². The Morgan fingerprint density at radius 1 is 1.21 bits per heavy atom. The normalized spacial score (nSPS) is 13.1. The van der Waals surface area contributed by atoms with Crippen LogP contribution in [-0.2, 0) is 4.79 Å². The average Bonchev–Trinajstić information content (AvgIpc) is 2.34. The van der Waals surface area contributed by atoms with Gasteiger partial charge < -0.3 is 5.11 Å². The number of ketones is 1. The van der Waals surface area contributed by atoms with Gasteiger partial charge in [-0.05, 0) is 30.7 Å². The molecule has 2 nitrogen and oxygen atoms in total. The second kappa shape index (κ2) is 5.86. The number of carbonyl (C=O) groups excluding carboxylic acids is 1. The summed E-state index contributed by atoms with van der Waals surface area (Å²) in [5.41, 5.74) is -0.732. The van der Waals surface area contributed by atoms with Crippen molar-refractivity contribution in [2.45, 2.75) is 25.9 Å². The summed E-state index contributed by atoms with van der Waals surface area (Å²) in [5.74, 6) is -3.42. The molecule has 1 aromatic carbocycles. The summed E-state index contributed by atoms with van der Waals surface area (Å²) >= 11 is 0. The molecule has 0 amide bonds. The van der Waals surface area contributed by atoms with Gasteiger partial charge in [-0.15, -0.1) is 0 Å². The Kier molecular flexibility index (Phi) is 4.69. The van der Waals surface area contributed by atoms with Gasteiger partial charge in [0, 0.05) is 11.1 Å². The summed E-state index contributed by atoms with van der Waals surface area (Å²) in [6.45, 7) is 1.58. The minimum absolute atomic E-state index is 0.0255. The number of benzene rings is 1. The zero-order valence-corrected chi connectivity index (χ0v) is 10.1. The van der Waals surface area contributed by atoms with E-state index in [9.17, 15) is 27.5 Å². The lowest BCUT2D eigenvalue weighted by molar-refractivity contribution is -0.166. The van der Waals surface area contributed by atoms with Crippen LogP contribution in [0.15, 0.2) is 29.8 Å². The number of allylic oxidation sites excluding steroid dienone is 1. The Hall–Kier alpha value is -1.85. The summed E-state index contributed by atoms with van der Waals surface area (Å²) in [4.78, 5) is 11.2. The Bertz CT molecular complexity index is 486. The molecule has 19 heavy (non-hydrogen) atoms. The number of halogens is 4. The monoisotopic (exact) mass is 276 g/mol. The van der Waals surface area contributed by atoms with E-state index < -0.39 is 29.1 Å². The summed E-state index contributed by atoms with van der Waals surface area (Å²) in [5, 5.41) is 9.77. The molecule has 0 bridgehead atoms. The van der Waals surface area contributed by atoms with Gasteiger partial charge in [-0.2, -0.15) is 13.2 Å². The fraction of sp³-hybridized carbons (Fsp3) is 0.308. The van der Waals surface area contributed by atoms with Gasteiger partial charge in [0.25, 0.3) is 5.78 Å². The highest BCUT2D eigenvalue weighted by molar-refractivity contribution is 6.04. The molecule has 0 heterocycles. The first-order valence-electron chi connectivity index (χ1n) is 5.57. The largest absolute Gasteiger partial charge is 0.507 e. The van der Waals surface area contributed by atoms with Crippen LogP contribution in [0.25, 0.3) is 5.76 Å². The van der Waals surface area contributed by atoms with Gasteiger partial charge in [0.2, 0.25) is 0 Å². The number of hydrogen-bond donors (Lipinski definition) is 1. The predicted molar refractivity (Wildman–Crippen MR) is 61.9 cm³/mol. The number of aliphatic hydroxyl groups excluding tert-OH is 1. The molecule has 0 saturated carbocycles. The van der Waals surface area contributed by atoms with Crippen molar-refractivity contribution in [3.63, 3.8) is 0 Å². The van der Waals surface area contributed by atoms with Crippen LogP contribution in [0.1, 0.15) is 25.3 Å². The second-order valence-electron chi connectivity index (χ2n) is 3.91. The number of Topliss-reactive ketones (excluding diaryl/α,β-unsaturated/α-hetero) is 1. The number of aliphatic hydroxyl groups is 1. The van der Waals surface area contributed by atoms with Gasteiger partial charge in [0.1, 0.15) is 11.6 Å². The lowest BCUT2D eigenvalue weighted by atomic mass is 10.0. The molecule has 0 aliphatic heterocycles. The molecule has 0 aliphatic carbocycles. The molecule has 0 aliphatic rings. The molecule has 1 aromatic rings. The third-order valence-electron chi connectivity index (χ3n) is 2.44. The molecule has 0 atom stereocenters. The van der Waals surface area contributed by atoms with Crippen LogP contribution in [-0.4, -0.2) is 17.1 Å². The van der Waals surface area contributed by atoms with Crippen molar-refractivity contribution < 1.29 is 27.5 Å². The van der Waals surface area contributed by atoms with Gasteiger partial charge in [-0.3, -0.25) is 4.79 Å². The molecule has 0 radical (unpaired) electrons. The quantitative estimate of drug-likeness (QED) is 0.512. The minimum atomic E-state index is -5.04. The highest BCUT2D eigenvalue weighted by Crippen LogP contribution is 2.28. The van der Waals surface area contributed by atoms with Gasteiger partial charge >= 0.3 is 6.18 Å². The van der Waals surface area contributed by atoms with E-state index in [1.165, 1.54) is 0 Å². The van der Waals surface area contributed by atoms with E-state index in [4.69, 9.17) is 0 Å². The maximum absolute atomic E-state index is 12.7. The van der Waals surface area contributed by atoms with Crippen LogP contribution >= 0.6 is 0 Å². The first-order valence-corrected chi connectivity index (χ1v) is 5.57. The summed E-state index contributed by atoms with van der Waals surface area (Å²) in [7, 11) is 0. The van der Waals surface area contributed by atoms with Crippen LogP contribution in [0.2, 0.25) is 0 Å². The third-order valence-corrected chi connectivity index (χ3v) is 2.44. The van der Waals surface area contributed by atoms with Crippen LogP contribution in [0.3, 0.4) is 0 Å². The van der Waals surface area contributed by atoms with Crippen LogP contribution < -0.4 is 0 Å². The van der Waals surface area contributed by atoms with Crippen molar-refractivity contribution in [2.75, 3.05) is 0 Å². The minimum Gasteiger partial charge on any atom is -0.507 e. The summed E-state index contributed by atoms with van der Waals surface area (Å²) in [6, 6.07) is 4.22. The van der Waals surface area contributed by atoms with Gasteiger partial charge in [-0.1, -0.05) is 13.3 Å². The van der Waals surface area contributed by atoms with Crippen molar-refractivity contribution in [3.05, 3.63) is 41.2 Å². The molecule has 0 fully saturated rings. The van der Waals surface area contributed by atoms with Crippen molar-refractivity contribution >= 4 is 11.5 Å². The maximum atomic E-state index is 12.7. The van der Waals surface area contributed by atoms with E-state index in [1.54, 1.807) is 6.92 Å². The number of hydrogen-bond acceptors (Lipinski definition) is 2. The molecule has 1 rings (SSSR count). The van der Waals surface area contributed by atoms with E-state index in [0.717, 1.165) is 24.3 Å². The lowest BCUT2D eigenvalue weighted by Gasteiger charge is -2.11. The molecule has 0 spiro atoms. The highest BCUT2D eigenvalue weighted by atomic mass is 19.4. The lowest BCUT2D eigenvalue weighted by Crippen LogP contribution is -2.25. The molecule has 0 saturated heterocycles. The topological polar surface area (TPSA) is 37.3 Å². The number of rotatable bonds is 4. The van der Waals surface area contributed by atoms with Gasteiger partial charge in [0.15, 0.2) is 0 Å². The van der Waals surface area contributed by atoms with Gasteiger partial charge in [0.05, 0.1) is 0 Å². The van der Waals surface area contributed by atoms with Crippen molar-refractivity contribution in [2.24, 2.45) is 0 Å². The smallest absolute Gasteiger partial charge is 0.454 e. The zero-order valence-electron chi connectivity index (χ0n) is 10.1. The molecule has 0 unspecified atom stereocenters. The molecule has 6 heteroatoms. The zero-order chi connectivity index (χ0) is 14.6. The predicted octanol–water partition coefficient (Wildman–Crippen LogP) is 4.03. The van der Waals surface area contributed by atoms with E-state index in [1.807, 2.05) is 0 Å². The fourth-order valence-electron chi connectivity index (χ4n) is 1.54. The number of alkyl halides is 3. The SMILES string of the molecule is CCC/C(C(=O)C(F)(F)F)=C(/O)c1ccc(F)cc1. The van der Waals surface area contributed by atoms with E-state index >= 15 is 0 Å². The van der Waals surface area contributed by atoms with Crippen molar-refractivity contribution in [3.8, 4) is 0 Å². The molecular weight excluding hydrogens is 264 g/mol. The average molecular weight is 276 g/mol. The van der Waals surface area contributed by atoms with E-state index in [-0.39, 0.29) is 18.4 Å². The molecular formula is C13H12F4O2. The van der Waals surface area contributed by atoms with Crippen molar-refractivity contribution in [1.82, 2.24) is 0 Å². The first kappa shape index (κ1) is 15.2. The van der Waals surface area contributed by atoms with Crippen LogP contribution in [0, 0.1) is 5.82 Å². The third kappa shape index (κ3) is 3.81. The Balaban J connectivity index is 3.25. The maximum Gasteiger partial charge on any atom is 0.454 e. The van der Waals surface area contributed by atoms with Crippen LogP contribution in [0.5, 0.6) is 0 Å². The van der Waals surface area contributed by atoms with E-state index in [2.05, 4.69) is 0 Å². The summed E-state index contributed by atoms with van der Waals surface area (Å²) < 4.78 is 49.9. The molecule has 104 valence electrons. The summed E-state index contributed by atoms with van der Waals surface area (Å²) in [6.07, 6.45) is -4.98. The second-order valence-corrected chi connectivity index (χ2v) is 3.91. The van der Waals surface area contributed by atoms with Gasteiger partial charge in [-0.25, -0.2) is 4.39 Å². The van der Waals surface area contributed by atoms with Crippen LogP contribution in [0.4, 0.5) is 17.6 Å². The van der Waals surface area contributed by atoms with E-state index in [0.29, 0.717) is 0 Å². The number of carbonyl (C=O) groups is 1.